The van der Waals surface area contributed by atoms with Gasteiger partial charge in [-0.1, -0.05) is 17.7 Å². The Bertz CT molecular complexity index is 557. The van der Waals surface area contributed by atoms with E-state index in [9.17, 15) is 4.39 Å². The van der Waals surface area contributed by atoms with Crippen molar-refractivity contribution in [3.05, 3.63) is 64.2 Å². The second kappa shape index (κ2) is 5.46. The van der Waals surface area contributed by atoms with Gasteiger partial charge in [0, 0.05) is 11.2 Å². The van der Waals surface area contributed by atoms with Crippen molar-refractivity contribution in [1.29, 1.82) is 0 Å². The SMILES string of the molecule is CNC(c1cncc(F)c1)c1ccc(Cl)cc1C. The fourth-order valence-electron chi connectivity index (χ4n) is 2.05. The summed E-state index contributed by atoms with van der Waals surface area (Å²) in [7, 11) is 1.84. The molecule has 0 bridgehead atoms. The van der Waals surface area contributed by atoms with Crippen LogP contribution < -0.4 is 5.32 Å². The third-order valence-corrected chi connectivity index (χ3v) is 3.13. The second-order valence-corrected chi connectivity index (χ2v) is 4.60. The zero-order valence-corrected chi connectivity index (χ0v) is 11.0. The normalized spacial score (nSPS) is 12.4. The lowest BCUT2D eigenvalue weighted by atomic mass is 9.96. The molecule has 1 N–H and O–H groups in total. The van der Waals surface area contributed by atoms with Crippen LogP contribution in [-0.4, -0.2) is 12.0 Å². The van der Waals surface area contributed by atoms with Crippen molar-refractivity contribution >= 4 is 11.6 Å². The van der Waals surface area contributed by atoms with E-state index >= 15 is 0 Å². The molecule has 18 heavy (non-hydrogen) atoms. The molecule has 1 aromatic heterocycles. The van der Waals surface area contributed by atoms with Gasteiger partial charge in [0.25, 0.3) is 0 Å². The van der Waals surface area contributed by atoms with Crippen molar-refractivity contribution in [2.75, 3.05) is 7.05 Å². The smallest absolute Gasteiger partial charge is 0.141 e. The van der Waals surface area contributed by atoms with Gasteiger partial charge in [0.05, 0.1) is 12.2 Å². The van der Waals surface area contributed by atoms with Crippen LogP contribution in [0.15, 0.2) is 36.7 Å². The molecule has 0 aliphatic rings. The predicted octanol–water partition coefficient (Wildman–Crippen LogP) is 3.49. The van der Waals surface area contributed by atoms with Gasteiger partial charge in [-0.2, -0.15) is 0 Å². The molecule has 2 rings (SSSR count). The molecular weight excluding hydrogens is 251 g/mol. The van der Waals surface area contributed by atoms with Crippen molar-refractivity contribution in [1.82, 2.24) is 10.3 Å². The summed E-state index contributed by atoms with van der Waals surface area (Å²) < 4.78 is 13.2. The standard InChI is InChI=1S/C14H14ClFN2/c1-9-5-11(15)3-4-13(9)14(17-2)10-6-12(16)8-18-7-10/h3-8,14,17H,1-2H3. The summed E-state index contributed by atoms with van der Waals surface area (Å²) in [6.07, 6.45) is 2.86. The number of hydrogen-bond acceptors (Lipinski definition) is 2. The lowest BCUT2D eigenvalue weighted by Crippen LogP contribution is -2.19. The monoisotopic (exact) mass is 264 g/mol. The first-order chi connectivity index (χ1) is 8.61. The van der Waals surface area contributed by atoms with Crippen molar-refractivity contribution in [3.8, 4) is 0 Å². The van der Waals surface area contributed by atoms with E-state index in [2.05, 4.69) is 10.3 Å². The summed E-state index contributed by atoms with van der Waals surface area (Å²) in [4.78, 5) is 3.88. The van der Waals surface area contributed by atoms with Gasteiger partial charge in [0.15, 0.2) is 0 Å². The van der Waals surface area contributed by atoms with Crippen LogP contribution in [0.4, 0.5) is 4.39 Å². The maximum atomic E-state index is 13.2. The number of aryl methyl sites for hydroxylation is 1. The molecule has 0 spiro atoms. The molecule has 0 saturated carbocycles. The molecule has 4 heteroatoms. The Balaban J connectivity index is 2.45. The lowest BCUT2D eigenvalue weighted by Gasteiger charge is -2.19. The third-order valence-electron chi connectivity index (χ3n) is 2.89. The van der Waals surface area contributed by atoms with Crippen molar-refractivity contribution < 1.29 is 4.39 Å². The summed E-state index contributed by atoms with van der Waals surface area (Å²) in [5, 5.41) is 3.87. The highest BCUT2D eigenvalue weighted by Gasteiger charge is 2.15. The number of benzene rings is 1. The van der Waals surface area contributed by atoms with E-state index < -0.39 is 0 Å². The second-order valence-electron chi connectivity index (χ2n) is 4.16. The zero-order valence-electron chi connectivity index (χ0n) is 10.2. The average molecular weight is 265 g/mol. The highest BCUT2D eigenvalue weighted by molar-refractivity contribution is 6.30. The molecule has 0 aliphatic carbocycles. The fourth-order valence-corrected chi connectivity index (χ4v) is 2.28. The third kappa shape index (κ3) is 2.68. The highest BCUT2D eigenvalue weighted by Crippen LogP contribution is 2.26. The van der Waals surface area contributed by atoms with Gasteiger partial charge >= 0.3 is 0 Å². The molecule has 2 aromatic rings. The van der Waals surface area contributed by atoms with E-state index in [1.54, 1.807) is 6.20 Å². The van der Waals surface area contributed by atoms with E-state index in [0.717, 1.165) is 16.7 Å². The maximum absolute atomic E-state index is 13.2. The Hall–Kier alpha value is -1.45. The van der Waals surface area contributed by atoms with Gasteiger partial charge in [-0.3, -0.25) is 4.98 Å². The first-order valence-corrected chi connectivity index (χ1v) is 6.03. The highest BCUT2D eigenvalue weighted by atomic mass is 35.5. The molecule has 1 atom stereocenters. The predicted molar refractivity (Wildman–Crippen MR) is 71.3 cm³/mol. The Morgan fingerprint density at radius 1 is 1.28 bits per heavy atom. The van der Waals surface area contributed by atoms with Crippen molar-refractivity contribution in [2.24, 2.45) is 0 Å². The number of halogens is 2. The first-order valence-electron chi connectivity index (χ1n) is 5.65. The molecule has 0 aliphatic heterocycles. The van der Waals surface area contributed by atoms with Crippen LogP contribution in [0.5, 0.6) is 0 Å². The van der Waals surface area contributed by atoms with Crippen molar-refractivity contribution in [3.63, 3.8) is 0 Å². The lowest BCUT2D eigenvalue weighted by molar-refractivity contribution is 0.608. The number of hydrogen-bond donors (Lipinski definition) is 1. The largest absolute Gasteiger partial charge is 0.309 e. The summed E-state index contributed by atoms with van der Waals surface area (Å²) in [6.45, 7) is 1.98. The van der Waals surface area contributed by atoms with Gasteiger partial charge in [-0.15, -0.1) is 0 Å². The zero-order chi connectivity index (χ0) is 13.1. The average Bonchev–Trinajstić information content (AvgIpc) is 2.33. The van der Waals surface area contributed by atoms with Gasteiger partial charge in [0.2, 0.25) is 0 Å². The van der Waals surface area contributed by atoms with E-state index in [-0.39, 0.29) is 11.9 Å². The van der Waals surface area contributed by atoms with E-state index in [4.69, 9.17) is 11.6 Å². The molecule has 94 valence electrons. The Morgan fingerprint density at radius 3 is 2.67 bits per heavy atom. The van der Waals surface area contributed by atoms with Crippen molar-refractivity contribution in [2.45, 2.75) is 13.0 Å². The topological polar surface area (TPSA) is 24.9 Å². The molecule has 2 nitrogen and oxygen atoms in total. The number of aromatic nitrogens is 1. The molecule has 0 fully saturated rings. The van der Waals surface area contributed by atoms with E-state index in [1.165, 1.54) is 12.3 Å². The minimum Gasteiger partial charge on any atom is -0.309 e. The molecule has 0 radical (unpaired) electrons. The quantitative estimate of drug-likeness (QED) is 0.918. The fraction of sp³-hybridized carbons (Fsp3) is 0.214. The minimum absolute atomic E-state index is 0.0922. The van der Waals surface area contributed by atoms with Crippen LogP contribution in [0.3, 0.4) is 0 Å². The number of rotatable bonds is 3. The number of nitrogens with zero attached hydrogens (tertiary/aromatic N) is 1. The Kier molecular flexibility index (Phi) is 3.94. The first kappa shape index (κ1) is 13.0. The molecule has 1 aromatic carbocycles. The van der Waals surface area contributed by atoms with Gasteiger partial charge < -0.3 is 5.32 Å². The minimum atomic E-state index is -0.334. The Labute approximate surface area is 111 Å². The van der Waals surface area contributed by atoms with Crippen LogP contribution in [0, 0.1) is 12.7 Å². The van der Waals surface area contributed by atoms with E-state index in [0.29, 0.717) is 5.02 Å². The van der Waals surface area contributed by atoms with Crippen LogP contribution >= 0.6 is 11.6 Å². The van der Waals surface area contributed by atoms with Gasteiger partial charge in [0.1, 0.15) is 5.82 Å². The van der Waals surface area contributed by atoms with Gasteiger partial charge in [-0.05, 0) is 48.9 Å². The van der Waals surface area contributed by atoms with Crippen LogP contribution in [0.25, 0.3) is 0 Å². The molecule has 1 heterocycles. The van der Waals surface area contributed by atoms with Crippen LogP contribution in [0.1, 0.15) is 22.7 Å². The van der Waals surface area contributed by atoms with E-state index in [1.807, 2.05) is 32.2 Å². The van der Waals surface area contributed by atoms with Gasteiger partial charge in [-0.25, -0.2) is 4.39 Å². The Morgan fingerprint density at radius 2 is 2.06 bits per heavy atom. The summed E-state index contributed by atoms with van der Waals surface area (Å²) in [6, 6.07) is 7.08. The molecule has 1 unspecified atom stereocenters. The molecular formula is C14H14ClFN2. The number of pyridine rings is 1. The molecule has 0 amide bonds. The number of nitrogens with one attached hydrogen (secondary N) is 1. The molecule has 0 saturated heterocycles. The summed E-state index contributed by atoms with van der Waals surface area (Å²) in [5.41, 5.74) is 2.92. The summed E-state index contributed by atoms with van der Waals surface area (Å²) in [5.74, 6) is -0.334. The van der Waals surface area contributed by atoms with Crippen LogP contribution in [-0.2, 0) is 0 Å². The maximum Gasteiger partial charge on any atom is 0.141 e. The summed E-state index contributed by atoms with van der Waals surface area (Å²) >= 11 is 5.94. The van der Waals surface area contributed by atoms with Crippen LogP contribution in [0.2, 0.25) is 5.02 Å².